The minimum Gasteiger partial charge on any atom is -0.493 e. The third kappa shape index (κ3) is 27.7. The van der Waals surface area contributed by atoms with Crippen LogP contribution in [0.4, 0.5) is 0 Å². The molecule has 1 aliphatic heterocycles. The van der Waals surface area contributed by atoms with Crippen LogP contribution >= 0.6 is 0 Å². The molecular weight excluding hydrogens is 927 g/mol. The van der Waals surface area contributed by atoms with Crippen molar-refractivity contribution in [3.63, 3.8) is 0 Å². The Hall–Kier alpha value is -1.82. The van der Waals surface area contributed by atoms with Gasteiger partial charge in [0.15, 0.2) is 0 Å². The predicted octanol–water partition coefficient (Wildman–Crippen LogP) is 23.1. The molecular formula is C66H114N2Pd. The fourth-order valence-electron chi connectivity index (χ4n) is 10.3. The number of unbranched alkanes of at least 4 members (excludes halogenated alkanes) is 29. The van der Waals surface area contributed by atoms with Crippen LogP contribution in [-0.2, 0) is 37.2 Å². The van der Waals surface area contributed by atoms with Crippen molar-refractivity contribution in [2.45, 2.75) is 323 Å². The molecule has 0 aliphatic carbocycles. The van der Waals surface area contributed by atoms with Gasteiger partial charge in [0, 0.05) is 22.8 Å². The van der Waals surface area contributed by atoms with Crippen LogP contribution in [0.3, 0.4) is 0 Å². The molecule has 0 bridgehead atoms. The molecule has 69 heavy (non-hydrogen) atoms. The third-order valence-corrected chi connectivity index (χ3v) is 17.3. The summed E-state index contributed by atoms with van der Waals surface area (Å²) in [6.45, 7) is 20.3. The molecule has 0 radical (unpaired) electrons. The summed E-state index contributed by atoms with van der Waals surface area (Å²) in [7, 11) is 0. The summed E-state index contributed by atoms with van der Waals surface area (Å²) in [5.41, 5.74) is 25.9. The molecule has 3 heteroatoms. The zero-order valence-corrected chi connectivity index (χ0v) is 49.1. The predicted molar refractivity (Wildman–Crippen MR) is 307 cm³/mol. The number of aryl methyl sites for hydroxylation is 4. The number of hydrogen-bond donors (Lipinski definition) is 0. The van der Waals surface area contributed by atoms with Crippen LogP contribution in [0.2, 0.25) is 9.79 Å². The number of nitrogens with zero attached hydrogens (tertiary/aromatic N) is 2. The van der Waals surface area contributed by atoms with Crippen molar-refractivity contribution < 1.29 is 22.7 Å². The van der Waals surface area contributed by atoms with Crippen molar-refractivity contribution in [1.29, 1.82) is 0 Å². The van der Waals surface area contributed by atoms with Crippen LogP contribution in [0.1, 0.15) is 317 Å². The standard InChI is InChI=1S/C38H56N2.2C14H29.Pd/c1-8-12-16-20-31-25-34(26-32(21-17-13-9-2)36(31)22-18-14-10-3)37-27-33(19-15-11-4)38(40(37)39)35-23-28(5)30(7)29(6)24-35;2*1-3-5-7-9-11-13-14-12-10-8-6-4-2;/h23-27H,8-22H2,1-7H3;2*1,3-14H2,2H3;. The first kappa shape index (κ1) is 63.3. The van der Waals surface area contributed by atoms with Crippen molar-refractivity contribution >= 4 is 11.4 Å². The third-order valence-electron chi connectivity index (χ3n) is 15.1. The Labute approximate surface area is 440 Å². The summed E-state index contributed by atoms with van der Waals surface area (Å²) in [5, 5.41) is 0. The molecule has 0 atom stereocenters. The Morgan fingerprint density at radius 3 is 1.12 bits per heavy atom. The summed E-state index contributed by atoms with van der Waals surface area (Å²) in [6.07, 6.45) is 55.9. The van der Waals surface area contributed by atoms with Crippen molar-refractivity contribution in [2.24, 2.45) is 0 Å². The fourth-order valence-corrected chi connectivity index (χ4v) is 12.2. The van der Waals surface area contributed by atoms with Crippen LogP contribution in [0.25, 0.3) is 16.9 Å². The van der Waals surface area contributed by atoms with E-state index < -0.39 is 0 Å². The average molecular weight is 1040 g/mol. The molecule has 0 saturated carbocycles. The van der Waals surface area contributed by atoms with Gasteiger partial charge in [-0.05, 0) is 130 Å². The summed E-state index contributed by atoms with van der Waals surface area (Å²) in [6, 6.07) is 9.38. The molecule has 0 N–H and O–H groups in total. The second-order valence-corrected chi connectivity index (χ2v) is 23.8. The van der Waals surface area contributed by atoms with Gasteiger partial charge in [0.1, 0.15) is 0 Å². The number of rotatable bonds is 43. The van der Waals surface area contributed by atoms with Gasteiger partial charge in [-0.2, -0.15) is 0 Å². The van der Waals surface area contributed by atoms with E-state index in [0.29, 0.717) is 0 Å². The van der Waals surface area contributed by atoms with Crippen LogP contribution in [0.15, 0.2) is 35.9 Å². The van der Waals surface area contributed by atoms with Crippen LogP contribution in [-0.4, -0.2) is 4.70 Å². The Balaban J connectivity index is 0.000000501. The summed E-state index contributed by atoms with van der Waals surface area (Å²) < 4.78 is 1.52. The molecule has 0 unspecified atom stereocenters. The Morgan fingerprint density at radius 1 is 0.377 bits per heavy atom. The minimum atomic E-state index is 0.950. The van der Waals surface area contributed by atoms with Gasteiger partial charge in [-0.15, -0.1) is 0 Å². The molecule has 2 aromatic rings. The van der Waals surface area contributed by atoms with Gasteiger partial charge in [0.25, 0.3) is 0 Å². The topological polar surface area (TPSA) is 25.3 Å². The average Bonchev–Trinajstić information content (AvgIpc) is 3.68. The van der Waals surface area contributed by atoms with E-state index in [1.807, 2.05) is 0 Å². The molecule has 1 heterocycles. The minimum absolute atomic E-state index is 0.950. The van der Waals surface area contributed by atoms with Gasteiger partial charge in [-0.3, -0.25) is 0 Å². The van der Waals surface area contributed by atoms with Crippen molar-refractivity contribution in [1.82, 2.24) is 0 Å². The summed E-state index contributed by atoms with van der Waals surface area (Å²) in [4.78, 5) is 3.09. The van der Waals surface area contributed by atoms with Crippen molar-refractivity contribution in [3.8, 4) is 0 Å². The van der Waals surface area contributed by atoms with Gasteiger partial charge in [-0.1, -0.05) is 99.3 Å². The van der Waals surface area contributed by atoms with E-state index in [1.54, 1.807) is 15.4 Å². The first-order valence-electron chi connectivity index (χ1n) is 30.4. The van der Waals surface area contributed by atoms with Gasteiger partial charge >= 0.3 is 169 Å². The van der Waals surface area contributed by atoms with Gasteiger partial charge < -0.3 is 5.53 Å². The quantitative estimate of drug-likeness (QED) is 0.0359. The molecule has 2 nitrogen and oxygen atoms in total. The zero-order chi connectivity index (χ0) is 50.2. The van der Waals surface area contributed by atoms with Gasteiger partial charge in [0.05, 0.1) is 0 Å². The van der Waals surface area contributed by atoms with Gasteiger partial charge in [-0.25, -0.2) is 4.70 Å². The van der Waals surface area contributed by atoms with Crippen LogP contribution < -0.4 is 0 Å². The number of benzene rings is 2. The van der Waals surface area contributed by atoms with Crippen molar-refractivity contribution in [3.05, 3.63) is 86.0 Å². The monoisotopic (exact) mass is 1040 g/mol. The van der Waals surface area contributed by atoms with E-state index in [0.717, 1.165) is 67.0 Å². The SMILES string of the molecule is CCCCCCCCCCCCC[CH2][Pd][CH2]CCCCCCCCCCCCC.CCCCCc1cc(C2=CC(CCCC)=C(c3cc(C)c(C)c(C)c3)[N+]2=[N-])cc(CCCCC)c1CCCCC. The van der Waals surface area contributed by atoms with Crippen LogP contribution in [0.5, 0.6) is 0 Å². The molecule has 2 aromatic carbocycles. The summed E-state index contributed by atoms with van der Waals surface area (Å²) >= 11 is 1.06. The molecule has 398 valence electrons. The Morgan fingerprint density at radius 2 is 0.725 bits per heavy atom. The fraction of sp³-hybridized carbons (Fsp3) is 0.758. The van der Waals surface area contributed by atoms with E-state index in [1.165, 1.54) is 262 Å². The Bertz CT molecular complexity index is 1580. The molecule has 1 aliphatic rings. The number of allylic oxidation sites excluding steroid dienone is 2. The Kier molecular flexibility index (Phi) is 39.1. The van der Waals surface area contributed by atoms with E-state index in [-0.39, 0.29) is 0 Å². The van der Waals surface area contributed by atoms with Crippen molar-refractivity contribution in [2.75, 3.05) is 0 Å². The van der Waals surface area contributed by atoms with E-state index >= 15 is 0 Å². The molecule has 0 amide bonds. The second kappa shape index (κ2) is 42.7. The molecule has 3 rings (SSSR count). The van der Waals surface area contributed by atoms with E-state index in [2.05, 4.69) is 92.7 Å². The van der Waals surface area contributed by atoms with E-state index in [4.69, 9.17) is 0 Å². The van der Waals surface area contributed by atoms with Gasteiger partial charge in [0.2, 0.25) is 11.4 Å². The molecule has 0 saturated heterocycles. The first-order chi connectivity index (χ1) is 33.8. The smallest absolute Gasteiger partial charge is 0.493 e. The maximum absolute atomic E-state index is 11.8. The second-order valence-electron chi connectivity index (χ2n) is 21.5. The normalized spacial score (nSPS) is 12.7. The first-order valence-corrected chi connectivity index (χ1v) is 32.6. The van der Waals surface area contributed by atoms with Crippen LogP contribution in [0, 0.1) is 20.8 Å². The summed E-state index contributed by atoms with van der Waals surface area (Å²) in [5.74, 6) is 0. The molecule has 0 spiro atoms. The number of hydrogen-bond acceptors (Lipinski definition) is 0. The zero-order valence-electron chi connectivity index (χ0n) is 47.6. The van der Waals surface area contributed by atoms with E-state index in [9.17, 15) is 5.53 Å². The maximum atomic E-state index is 11.8. The molecule has 0 aromatic heterocycles. The molecule has 0 fully saturated rings.